The van der Waals surface area contributed by atoms with E-state index in [0.717, 1.165) is 12.2 Å². The molecule has 1 heterocycles. The Balaban J connectivity index is 1.98. The molecule has 0 aromatic heterocycles. The van der Waals surface area contributed by atoms with Crippen molar-refractivity contribution in [2.75, 3.05) is 18.8 Å². The minimum absolute atomic E-state index is 0.932. The van der Waals surface area contributed by atoms with Gasteiger partial charge in [0.05, 0.1) is 0 Å². The third-order valence-corrected chi connectivity index (χ3v) is 3.15. The highest BCUT2D eigenvalue weighted by molar-refractivity contribution is 5.46. The fourth-order valence-corrected chi connectivity index (χ4v) is 2.21. The van der Waals surface area contributed by atoms with Gasteiger partial charge in [0.15, 0.2) is 0 Å². The lowest BCUT2D eigenvalue weighted by Crippen LogP contribution is -2.24. The van der Waals surface area contributed by atoms with Crippen LogP contribution >= 0.6 is 0 Å². The first-order chi connectivity index (χ1) is 7.36. The molecular weight excluding hydrogens is 184 g/mol. The molecule has 0 bridgehead atoms. The van der Waals surface area contributed by atoms with E-state index in [2.05, 4.69) is 17.0 Å². The van der Waals surface area contributed by atoms with Gasteiger partial charge in [-0.2, -0.15) is 0 Å². The summed E-state index contributed by atoms with van der Waals surface area (Å²) in [4.78, 5) is 2.53. The largest absolute Gasteiger partial charge is 0.398 e. The number of nitrogens with zero attached hydrogens (tertiary/aromatic N) is 1. The molecule has 2 nitrogen and oxygen atoms in total. The number of para-hydroxylation sites is 1. The molecule has 1 aliphatic heterocycles. The number of benzene rings is 1. The SMILES string of the molecule is Nc1ccccc1CN1CCCCCC1. The van der Waals surface area contributed by atoms with Crippen LogP contribution in [0.4, 0.5) is 5.69 Å². The average Bonchev–Trinajstić information content (AvgIpc) is 2.50. The van der Waals surface area contributed by atoms with Gasteiger partial charge >= 0.3 is 0 Å². The van der Waals surface area contributed by atoms with E-state index in [1.165, 1.54) is 44.3 Å². The highest BCUT2D eigenvalue weighted by atomic mass is 15.1. The van der Waals surface area contributed by atoms with Gasteiger partial charge in [0.25, 0.3) is 0 Å². The first-order valence-corrected chi connectivity index (χ1v) is 5.92. The van der Waals surface area contributed by atoms with Gasteiger partial charge in [-0.1, -0.05) is 31.0 Å². The van der Waals surface area contributed by atoms with Gasteiger partial charge in [0, 0.05) is 12.2 Å². The molecule has 2 heteroatoms. The van der Waals surface area contributed by atoms with Crippen LogP contribution in [0.1, 0.15) is 31.2 Å². The molecule has 0 radical (unpaired) electrons. The summed E-state index contributed by atoms with van der Waals surface area (Å²) in [5, 5.41) is 0. The molecule has 0 unspecified atom stereocenters. The van der Waals surface area contributed by atoms with Crippen molar-refractivity contribution in [3.63, 3.8) is 0 Å². The summed E-state index contributed by atoms with van der Waals surface area (Å²) in [6.07, 6.45) is 5.46. The Hall–Kier alpha value is -1.02. The molecule has 0 atom stereocenters. The van der Waals surface area contributed by atoms with E-state index in [-0.39, 0.29) is 0 Å². The number of nitrogen functional groups attached to an aromatic ring is 1. The lowest BCUT2D eigenvalue weighted by atomic mass is 10.1. The van der Waals surface area contributed by atoms with E-state index < -0.39 is 0 Å². The van der Waals surface area contributed by atoms with Crippen molar-refractivity contribution in [1.29, 1.82) is 0 Å². The van der Waals surface area contributed by atoms with Gasteiger partial charge in [0.1, 0.15) is 0 Å². The van der Waals surface area contributed by atoms with Crippen LogP contribution in [0.3, 0.4) is 0 Å². The second kappa shape index (κ2) is 5.17. The molecule has 2 rings (SSSR count). The number of nitrogens with two attached hydrogens (primary N) is 1. The van der Waals surface area contributed by atoms with Crippen LogP contribution in [0, 0.1) is 0 Å². The normalized spacial score (nSPS) is 18.7. The third-order valence-electron chi connectivity index (χ3n) is 3.15. The van der Waals surface area contributed by atoms with Crippen molar-refractivity contribution in [2.45, 2.75) is 32.2 Å². The molecule has 0 aliphatic carbocycles. The molecular formula is C13H20N2. The summed E-state index contributed by atoms with van der Waals surface area (Å²) in [5.74, 6) is 0. The fourth-order valence-electron chi connectivity index (χ4n) is 2.21. The quantitative estimate of drug-likeness (QED) is 0.750. The molecule has 15 heavy (non-hydrogen) atoms. The second-order valence-electron chi connectivity index (χ2n) is 4.39. The van der Waals surface area contributed by atoms with Gasteiger partial charge in [-0.3, -0.25) is 4.90 Å². The summed E-state index contributed by atoms with van der Waals surface area (Å²) in [6, 6.07) is 8.21. The predicted octanol–water partition coefficient (Wildman–Crippen LogP) is 2.64. The molecule has 0 amide bonds. The zero-order valence-electron chi connectivity index (χ0n) is 9.28. The summed E-state index contributed by atoms with van der Waals surface area (Å²) in [7, 11) is 0. The van der Waals surface area contributed by atoms with Crippen molar-refractivity contribution < 1.29 is 0 Å². The van der Waals surface area contributed by atoms with Crippen molar-refractivity contribution in [3.05, 3.63) is 29.8 Å². The number of rotatable bonds is 2. The molecule has 1 aliphatic rings. The van der Waals surface area contributed by atoms with Crippen LogP contribution in [0.2, 0.25) is 0 Å². The minimum atomic E-state index is 0.932. The first-order valence-electron chi connectivity index (χ1n) is 5.92. The van der Waals surface area contributed by atoms with Crippen LogP contribution in [0.25, 0.3) is 0 Å². The molecule has 1 aromatic rings. The van der Waals surface area contributed by atoms with Crippen LogP contribution in [0.15, 0.2) is 24.3 Å². The van der Waals surface area contributed by atoms with Crippen molar-refractivity contribution in [2.24, 2.45) is 0 Å². The third kappa shape index (κ3) is 2.96. The Labute approximate surface area is 92.1 Å². The Bertz CT molecular complexity index is 301. The van der Waals surface area contributed by atoms with Crippen molar-refractivity contribution in [1.82, 2.24) is 4.90 Å². The standard InChI is InChI=1S/C13H20N2/c14-13-8-4-3-7-12(13)11-15-9-5-1-2-6-10-15/h3-4,7-8H,1-2,5-6,9-11,14H2. The van der Waals surface area contributed by atoms with Crippen LogP contribution < -0.4 is 5.73 Å². The molecule has 0 saturated carbocycles. The Morgan fingerprint density at radius 2 is 1.67 bits per heavy atom. The molecule has 1 aromatic carbocycles. The van der Waals surface area contributed by atoms with Gasteiger partial charge in [-0.25, -0.2) is 0 Å². The van der Waals surface area contributed by atoms with Gasteiger partial charge < -0.3 is 5.73 Å². The predicted molar refractivity (Wildman–Crippen MR) is 64.6 cm³/mol. The zero-order chi connectivity index (χ0) is 10.5. The summed E-state index contributed by atoms with van der Waals surface area (Å²) in [6.45, 7) is 3.48. The molecule has 1 fully saturated rings. The van der Waals surface area contributed by atoms with E-state index in [9.17, 15) is 0 Å². The highest BCUT2D eigenvalue weighted by Gasteiger charge is 2.10. The smallest absolute Gasteiger partial charge is 0.0359 e. The van der Waals surface area contributed by atoms with Crippen LogP contribution in [-0.4, -0.2) is 18.0 Å². The molecule has 1 saturated heterocycles. The van der Waals surface area contributed by atoms with Gasteiger partial charge in [-0.05, 0) is 37.6 Å². The van der Waals surface area contributed by atoms with Gasteiger partial charge in [0.2, 0.25) is 0 Å². The first kappa shape index (κ1) is 10.5. The average molecular weight is 204 g/mol. The van der Waals surface area contributed by atoms with E-state index >= 15 is 0 Å². The highest BCUT2D eigenvalue weighted by Crippen LogP contribution is 2.16. The number of likely N-dealkylation sites (tertiary alicyclic amines) is 1. The van der Waals surface area contributed by atoms with Crippen LogP contribution in [0.5, 0.6) is 0 Å². The minimum Gasteiger partial charge on any atom is -0.398 e. The molecule has 2 N–H and O–H groups in total. The number of hydrogen-bond donors (Lipinski definition) is 1. The van der Waals surface area contributed by atoms with Crippen molar-refractivity contribution in [3.8, 4) is 0 Å². The number of anilines is 1. The maximum atomic E-state index is 5.95. The maximum Gasteiger partial charge on any atom is 0.0359 e. The number of hydrogen-bond acceptors (Lipinski definition) is 2. The topological polar surface area (TPSA) is 29.3 Å². The summed E-state index contributed by atoms with van der Waals surface area (Å²) < 4.78 is 0. The van der Waals surface area contributed by atoms with E-state index in [1.807, 2.05) is 12.1 Å². The Kier molecular flexibility index (Phi) is 3.62. The molecule has 0 spiro atoms. The zero-order valence-corrected chi connectivity index (χ0v) is 9.28. The van der Waals surface area contributed by atoms with E-state index in [1.54, 1.807) is 0 Å². The second-order valence-corrected chi connectivity index (χ2v) is 4.39. The Morgan fingerprint density at radius 1 is 1.00 bits per heavy atom. The summed E-state index contributed by atoms with van der Waals surface area (Å²) in [5.41, 5.74) is 8.16. The monoisotopic (exact) mass is 204 g/mol. The maximum absolute atomic E-state index is 5.95. The fraction of sp³-hybridized carbons (Fsp3) is 0.538. The lowest BCUT2D eigenvalue weighted by Gasteiger charge is -2.20. The Morgan fingerprint density at radius 3 is 2.33 bits per heavy atom. The molecule has 82 valence electrons. The summed E-state index contributed by atoms with van der Waals surface area (Å²) >= 11 is 0. The van der Waals surface area contributed by atoms with Crippen LogP contribution in [-0.2, 0) is 6.54 Å². The van der Waals surface area contributed by atoms with E-state index in [0.29, 0.717) is 0 Å². The van der Waals surface area contributed by atoms with Gasteiger partial charge in [-0.15, -0.1) is 0 Å². The van der Waals surface area contributed by atoms with Crippen molar-refractivity contribution >= 4 is 5.69 Å². The lowest BCUT2D eigenvalue weighted by molar-refractivity contribution is 0.277. The van der Waals surface area contributed by atoms with E-state index in [4.69, 9.17) is 5.73 Å².